The maximum atomic E-state index is 13.2. The zero-order valence-electron chi connectivity index (χ0n) is 17.8. The molecular formula is C23H28N4O3. The molecule has 4 rings (SSSR count). The van der Waals surface area contributed by atoms with Gasteiger partial charge in [-0.3, -0.25) is 9.69 Å². The van der Waals surface area contributed by atoms with Gasteiger partial charge in [-0.05, 0) is 31.9 Å². The van der Waals surface area contributed by atoms with Crippen LogP contribution in [0.3, 0.4) is 0 Å². The Balaban J connectivity index is 1.59. The van der Waals surface area contributed by atoms with Crippen LogP contribution in [0.2, 0.25) is 0 Å². The molecule has 0 saturated carbocycles. The average molecular weight is 409 g/mol. The Morgan fingerprint density at radius 3 is 2.63 bits per heavy atom. The third-order valence-corrected chi connectivity index (χ3v) is 5.68. The number of nitrogens with zero attached hydrogens (tertiary/aromatic N) is 3. The van der Waals surface area contributed by atoms with Crippen LogP contribution in [0.4, 0.5) is 0 Å². The standard InChI is InChI=1S/C23H28N4O3/c1-4-18-13-19(21-16(3)26-30-23(21)25-18)22(28)24-14-20(27-9-11-29-12-10-27)17-7-5-15(2)6-8-17/h5-8,13,20H,4,9-12,14H2,1-3H3,(H,24,28)/t20-/m0/s1. The predicted molar refractivity (Wildman–Crippen MR) is 115 cm³/mol. The van der Waals surface area contributed by atoms with Crippen molar-refractivity contribution in [3.05, 3.63) is 58.4 Å². The number of hydrogen-bond acceptors (Lipinski definition) is 6. The molecule has 1 aromatic carbocycles. The third-order valence-electron chi connectivity index (χ3n) is 5.68. The molecule has 1 saturated heterocycles. The van der Waals surface area contributed by atoms with Crippen molar-refractivity contribution in [3.8, 4) is 0 Å². The summed E-state index contributed by atoms with van der Waals surface area (Å²) in [5.74, 6) is -0.131. The lowest BCUT2D eigenvalue weighted by molar-refractivity contribution is 0.0162. The lowest BCUT2D eigenvalue weighted by Gasteiger charge is -2.35. The zero-order chi connectivity index (χ0) is 21.1. The van der Waals surface area contributed by atoms with Crippen LogP contribution in [0, 0.1) is 13.8 Å². The normalized spacial score (nSPS) is 16.0. The van der Waals surface area contributed by atoms with Crippen LogP contribution in [0.25, 0.3) is 11.1 Å². The molecule has 1 aliphatic heterocycles. The van der Waals surface area contributed by atoms with Crippen molar-refractivity contribution in [1.29, 1.82) is 0 Å². The summed E-state index contributed by atoms with van der Waals surface area (Å²) in [5.41, 5.74) is 4.89. The van der Waals surface area contributed by atoms with Crippen LogP contribution in [-0.2, 0) is 11.2 Å². The van der Waals surface area contributed by atoms with E-state index in [1.165, 1.54) is 11.1 Å². The van der Waals surface area contributed by atoms with Gasteiger partial charge in [0.05, 0.1) is 35.9 Å². The van der Waals surface area contributed by atoms with Gasteiger partial charge >= 0.3 is 0 Å². The molecule has 30 heavy (non-hydrogen) atoms. The van der Waals surface area contributed by atoms with Crippen LogP contribution < -0.4 is 5.32 Å². The lowest BCUT2D eigenvalue weighted by Crippen LogP contribution is -2.43. The quantitative estimate of drug-likeness (QED) is 0.675. The summed E-state index contributed by atoms with van der Waals surface area (Å²) >= 11 is 0. The first kappa shape index (κ1) is 20.5. The highest BCUT2D eigenvalue weighted by Crippen LogP contribution is 2.24. The van der Waals surface area contributed by atoms with Crippen molar-refractivity contribution in [2.45, 2.75) is 33.2 Å². The second-order valence-corrected chi connectivity index (χ2v) is 7.75. The number of carbonyl (C=O) groups is 1. The monoisotopic (exact) mass is 408 g/mol. The van der Waals surface area contributed by atoms with Crippen LogP contribution in [-0.4, -0.2) is 53.8 Å². The Kier molecular flexibility index (Phi) is 6.11. The van der Waals surface area contributed by atoms with Gasteiger partial charge in [-0.15, -0.1) is 0 Å². The summed E-state index contributed by atoms with van der Waals surface area (Å²) in [4.78, 5) is 20.0. The van der Waals surface area contributed by atoms with Gasteiger partial charge in [0.25, 0.3) is 11.6 Å². The third kappa shape index (κ3) is 4.22. The minimum atomic E-state index is -0.131. The topological polar surface area (TPSA) is 80.5 Å². The van der Waals surface area contributed by atoms with E-state index in [0.717, 1.165) is 25.2 Å². The minimum absolute atomic E-state index is 0.0880. The Morgan fingerprint density at radius 1 is 1.20 bits per heavy atom. The number of amides is 1. The number of hydrogen-bond donors (Lipinski definition) is 1. The highest BCUT2D eigenvalue weighted by molar-refractivity contribution is 6.06. The van der Waals surface area contributed by atoms with Crippen molar-refractivity contribution in [3.63, 3.8) is 0 Å². The highest BCUT2D eigenvalue weighted by atomic mass is 16.5. The fourth-order valence-corrected chi connectivity index (χ4v) is 3.93. The van der Waals surface area contributed by atoms with Crippen LogP contribution in [0.5, 0.6) is 0 Å². The molecule has 1 N–H and O–H groups in total. The molecule has 0 bridgehead atoms. The second-order valence-electron chi connectivity index (χ2n) is 7.75. The molecule has 7 heteroatoms. The number of morpholine rings is 1. The molecule has 0 unspecified atom stereocenters. The van der Waals surface area contributed by atoms with Gasteiger partial charge < -0.3 is 14.6 Å². The fraction of sp³-hybridized carbons (Fsp3) is 0.435. The van der Waals surface area contributed by atoms with Gasteiger partial charge in [0.2, 0.25) is 0 Å². The molecule has 1 atom stereocenters. The number of carbonyl (C=O) groups excluding carboxylic acids is 1. The van der Waals surface area contributed by atoms with E-state index in [0.29, 0.717) is 42.1 Å². The highest BCUT2D eigenvalue weighted by Gasteiger charge is 2.25. The van der Waals surface area contributed by atoms with Crippen LogP contribution in [0.1, 0.15) is 45.8 Å². The first-order chi connectivity index (χ1) is 14.6. The molecule has 3 aromatic rings. The number of benzene rings is 1. The molecule has 1 fully saturated rings. The Labute approximate surface area is 176 Å². The molecule has 1 aliphatic rings. The molecule has 158 valence electrons. The number of pyridine rings is 1. The number of aryl methyl sites for hydroxylation is 3. The first-order valence-electron chi connectivity index (χ1n) is 10.5. The summed E-state index contributed by atoms with van der Waals surface area (Å²) in [6, 6.07) is 10.5. The summed E-state index contributed by atoms with van der Waals surface area (Å²) in [7, 11) is 0. The molecule has 0 aliphatic carbocycles. The van der Waals surface area contributed by atoms with Crippen molar-refractivity contribution in [2.24, 2.45) is 0 Å². The van der Waals surface area contributed by atoms with E-state index >= 15 is 0 Å². The summed E-state index contributed by atoms with van der Waals surface area (Å²) in [5, 5.41) is 7.83. The number of ether oxygens (including phenoxy) is 1. The van der Waals surface area contributed by atoms with Crippen molar-refractivity contribution in [1.82, 2.24) is 20.4 Å². The Morgan fingerprint density at radius 2 is 1.93 bits per heavy atom. The van der Waals surface area contributed by atoms with E-state index in [1.807, 2.05) is 19.9 Å². The second kappa shape index (κ2) is 8.93. The van der Waals surface area contributed by atoms with Gasteiger partial charge in [0.15, 0.2) is 0 Å². The van der Waals surface area contributed by atoms with E-state index in [2.05, 4.69) is 51.5 Å². The predicted octanol–water partition coefficient (Wildman–Crippen LogP) is 3.21. The zero-order valence-corrected chi connectivity index (χ0v) is 17.8. The van der Waals surface area contributed by atoms with Gasteiger partial charge in [-0.2, -0.15) is 0 Å². The van der Waals surface area contributed by atoms with Crippen LogP contribution >= 0.6 is 0 Å². The van der Waals surface area contributed by atoms with Crippen molar-refractivity contribution < 1.29 is 14.1 Å². The number of rotatable bonds is 6. The van der Waals surface area contributed by atoms with Crippen LogP contribution in [0.15, 0.2) is 34.9 Å². The molecule has 0 radical (unpaired) electrons. The minimum Gasteiger partial charge on any atom is -0.379 e. The number of aromatic nitrogens is 2. The summed E-state index contributed by atoms with van der Waals surface area (Å²) in [6.07, 6.45) is 0.718. The van der Waals surface area contributed by atoms with E-state index in [9.17, 15) is 4.79 Å². The molecule has 2 aromatic heterocycles. The fourth-order valence-electron chi connectivity index (χ4n) is 3.93. The van der Waals surface area contributed by atoms with Crippen molar-refractivity contribution >= 4 is 17.0 Å². The van der Waals surface area contributed by atoms with Gasteiger partial charge in [-0.1, -0.05) is 41.9 Å². The number of nitrogens with one attached hydrogen (secondary N) is 1. The lowest BCUT2D eigenvalue weighted by atomic mass is 10.0. The summed E-state index contributed by atoms with van der Waals surface area (Å²) < 4.78 is 10.8. The molecule has 7 nitrogen and oxygen atoms in total. The maximum absolute atomic E-state index is 13.2. The van der Waals surface area contributed by atoms with Gasteiger partial charge in [0.1, 0.15) is 0 Å². The largest absolute Gasteiger partial charge is 0.379 e. The van der Waals surface area contributed by atoms with Crippen molar-refractivity contribution in [2.75, 3.05) is 32.8 Å². The average Bonchev–Trinajstić information content (AvgIpc) is 3.15. The maximum Gasteiger partial charge on any atom is 0.258 e. The molecule has 3 heterocycles. The van der Waals surface area contributed by atoms with E-state index < -0.39 is 0 Å². The smallest absolute Gasteiger partial charge is 0.258 e. The van der Waals surface area contributed by atoms with E-state index in [-0.39, 0.29) is 11.9 Å². The summed E-state index contributed by atoms with van der Waals surface area (Å²) in [6.45, 7) is 9.54. The first-order valence-corrected chi connectivity index (χ1v) is 10.5. The molecule has 0 spiro atoms. The SMILES string of the molecule is CCc1cc(C(=O)NC[C@@H](c2ccc(C)cc2)N2CCOCC2)c2c(C)noc2n1. The van der Waals surface area contributed by atoms with Gasteiger partial charge in [0, 0.05) is 25.3 Å². The Bertz CT molecular complexity index is 1020. The number of fused-ring (bicyclic) bond motifs is 1. The molecular weight excluding hydrogens is 380 g/mol. The molecule has 1 amide bonds. The van der Waals surface area contributed by atoms with Gasteiger partial charge in [-0.25, -0.2) is 4.98 Å². The van der Waals surface area contributed by atoms with E-state index in [1.54, 1.807) is 0 Å². The van der Waals surface area contributed by atoms with E-state index in [4.69, 9.17) is 9.26 Å². The Hall–Kier alpha value is -2.77.